The molecule has 10 N–H and O–H groups in total. The number of hydrogen-bond acceptors (Lipinski definition) is 20. The molecule has 0 saturated carbocycles. The van der Waals surface area contributed by atoms with Crippen LogP contribution in [0.2, 0.25) is 0 Å². The van der Waals surface area contributed by atoms with E-state index in [4.69, 9.17) is 47.4 Å². The van der Waals surface area contributed by atoms with E-state index in [2.05, 4.69) is 0 Å². The fourth-order valence-corrected chi connectivity index (χ4v) is 8.24. The molecular formula is C57H56O30. The van der Waals surface area contributed by atoms with Crippen molar-refractivity contribution in [2.75, 3.05) is 66.1 Å². The van der Waals surface area contributed by atoms with Crippen molar-refractivity contribution in [3.63, 3.8) is 0 Å². The van der Waals surface area contributed by atoms with Crippen LogP contribution in [0, 0.1) is 6.92 Å². The van der Waals surface area contributed by atoms with Gasteiger partial charge >= 0.3 is 59.7 Å². The molecule has 30 heteroatoms. The minimum atomic E-state index is -1.51. The van der Waals surface area contributed by atoms with Gasteiger partial charge in [0.2, 0.25) is 0 Å². The molecule has 0 saturated heterocycles. The smallest absolute Gasteiger partial charge is 0.341 e. The summed E-state index contributed by atoms with van der Waals surface area (Å²) in [6, 6.07) is 12.8. The van der Waals surface area contributed by atoms with Crippen LogP contribution in [0.1, 0.15) is 62.6 Å². The van der Waals surface area contributed by atoms with Crippen LogP contribution in [0.25, 0.3) is 0 Å². The monoisotopic (exact) mass is 1220 g/mol. The first-order valence-electron chi connectivity index (χ1n) is 25.4. The SMILES string of the molecule is CCc1cc(OCC(=O)O)c(Cc2cc(OCC(=O)O)c(Cc3cc(OCC(=O)O)c(Cc4cc(OCC(=O)O)c(Cc5cc(OCC(=O)O)c(C)cc5OCC(=O)O)cc4OCC(=O)O)cc3OCC(=O)O)cc2OCC(=O)O)cc1OCC(=O)O. The van der Waals surface area contributed by atoms with Gasteiger partial charge in [0.1, 0.15) is 57.5 Å². The van der Waals surface area contributed by atoms with E-state index in [1.54, 1.807) is 6.92 Å². The van der Waals surface area contributed by atoms with Crippen molar-refractivity contribution in [3.8, 4) is 57.5 Å². The highest BCUT2D eigenvalue weighted by molar-refractivity contribution is 5.73. The first-order valence-corrected chi connectivity index (χ1v) is 25.4. The summed E-state index contributed by atoms with van der Waals surface area (Å²) in [6.07, 6.45) is -1.38. The van der Waals surface area contributed by atoms with Crippen LogP contribution in [-0.2, 0) is 80.0 Å². The molecule has 0 heterocycles. The molecule has 0 aliphatic carbocycles. The number of aryl methyl sites for hydroxylation is 2. The van der Waals surface area contributed by atoms with E-state index < -0.39 is 139 Å². The third kappa shape index (κ3) is 21.2. The number of rotatable bonds is 39. The van der Waals surface area contributed by atoms with Crippen LogP contribution in [0.5, 0.6) is 57.5 Å². The topological polar surface area (TPSA) is 465 Å². The van der Waals surface area contributed by atoms with Crippen molar-refractivity contribution in [1.29, 1.82) is 0 Å². The molecular weight excluding hydrogens is 1160 g/mol. The molecule has 5 rings (SSSR count). The van der Waals surface area contributed by atoms with Crippen molar-refractivity contribution in [3.05, 3.63) is 116 Å². The summed E-state index contributed by atoms with van der Waals surface area (Å²) in [6.45, 7) is -6.12. The Morgan fingerprint density at radius 1 is 0.241 bits per heavy atom. The first-order chi connectivity index (χ1) is 41.2. The Hall–Kier alpha value is -11.2. The molecule has 0 bridgehead atoms. The second-order valence-corrected chi connectivity index (χ2v) is 18.4. The average molecular weight is 1220 g/mol. The lowest BCUT2D eigenvalue weighted by Gasteiger charge is -2.21. The quantitative estimate of drug-likeness (QED) is 0.0269. The van der Waals surface area contributed by atoms with Crippen LogP contribution in [-0.4, -0.2) is 177 Å². The van der Waals surface area contributed by atoms with Gasteiger partial charge in [-0.3, -0.25) is 0 Å². The largest absolute Gasteiger partial charge is 0.482 e. The van der Waals surface area contributed by atoms with E-state index in [0.717, 1.165) is 0 Å². The summed E-state index contributed by atoms with van der Waals surface area (Å²) in [5, 5.41) is 96.2. The molecule has 0 amide bonds. The van der Waals surface area contributed by atoms with Gasteiger partial charge in [-0.05, 0) is 85.1 Å². The van der Waals surface area contributed by atoms with Gasteiger partial charge in [0, 0.05) is 70.2 Å². The summed E-state index contributed by atoms with van der Waals surface area (Å²) in [7, 11) is 0. The second kappa shape index (κ2) is 31.5. The Balaban J connectivity index is 1.75. The minimum Gasteiger partial charge on any atom is -0.482 e. The highest BCUT2D eigenvalue weighted by Gasteiger charge is 2.25. The van der Waals surface area contributed by atoms with Crippen molar-refractivity contribution in [2.24, 2.45) is 0 Å². The molecule has 5 aromatic carbocycles. The van der Waals surface area contributed by atoms with E-state index >= 15 is 0 Å². The number of ether oxygens (including phenoxy) is 10. The summed E-state index contributed by atoms with van der Waals surface area (Å²) in [5.74, 6) is -15.8. The van der Waals surface area contributed by atoms with Gasteiger partial charge in [0.25, 0.3) is 0 Å². The normalized spacial score (nSPS) is 10.6. The van der Waals surface area contributed by atoms with Gasteiger partial charge < -0.3 is 98.4 Å². The lowest BCUT2D eigenvalue weighted by Crippen LogP contribution is -2.16. The van der Waals surface area contributed by atoms with Crippen molar-refractivity contribution in [1.82, 2.24) is 0 Å². The van der Waals surface area contributed by atoms with E-state index in [9.17, 15) is 99.0 Å². The maximum Gasteiger partial charge on any atom is 0.341 e. The molecule has 87 heavy (non-hydrogen) atoms. The highest BCUT2D eigenvalue weighted by atomic mass is 16.5. The van der Waals surface area contributed by atoms with Crippen LogP contribution < -0.4 is 47.4 Å². The van der Waals surface area contributed by atoms with Gasteiger partial charge in [0.15, 0.2) is 66.1 Å². The van der Waals surface area contributed by atoms with Gasteiger partial charge in [-0.2, -0.15) is 0 Å². The number of carboxylic acid groups (broad SMARTS) is 10. The minimum absolute atomic E-state index is 0.0162. The standard InChI is InChI=1S/C57H56O30/c1-3-29-9-41(81-21-51(64)65)31(11-40(29)80-20-50(62)63)6-33-13-45(85-25-55(72)73)35(15-44(33)84-24-54(70)71)8-37-17-46(86-26-56(74)75)36(16-47(37)87-27-57(76)77)7-34-14-42(82-22-52(66)67)32(12-43(34)83-23-53(68)69)5-30-10-38(78-18-48(58)59)28(2)4-39(30)79-19-49(60)61/h4,9-17H,3,5-8,18-27H2,1-2H3,(H,58,59)(H,60,61)(H,62,63)(H,64,65)(H,66,67)(H,68,69)(H,70,71)(H,72,73)(H,74,75)(H,76,77). The Bertz CT molecular complexity index is 3440. The van der Waals surface area contributed by atoms with Gasteiger partial charge in [-0.15, -0.1) is 0 Å². The number of hydrogen-bond donors (Lipinski definition) is 10. The summed E-state index contributed by atoms with van der Waals surface area (Å²) < 4.78 is 56.5. The number of benzene rings is 5. The Morgan fingerprint density at radius 2 is 0.379 bits per heavy atom. The summed E-state index contributed by atoms with van der Waals surface area (Å²) >= 11 is 0. The molecule has 0 aromatic heterocycles. The lowest BCUT2D eigenvalue weighted by atomic mass is 9.94. The molecule has 0 spiro atoms. The van der Waals surface area contributed by atoms with Crippen LogP contribution in [0.15, 0.2) is 60.7 Å². The van der Waals surface area contributed by atoms with Crippen LogP contribution >= 0.6 is 0 Å². The lowest BCUT2D eigenvalue weighted by molar-refractivity contribution is -0.140. The second-order valence-electron chi connectivity index (χ2n) is 18.4. The first kappa shape index (κ1) is 66.6. The average Bonchev–Trinajstić information content (AvgIpc) is 1.37. The molecule has 5 aromatic rings. The van der Waals surface area contributed by atoms with E-state index in [0.29, 0.717) is 11.1 Å². The molecule has 0 radical (unpaired) electrons. The predicted molar refractivity (Wildman–Crippen MR) is 289 cm³/mol. The van der Waals surface area contributed by atoms with Crippen molar-refractivity contribution in [2.45, 2.75) is 46.0 Å². The molecule has 0 unspecified atom stereocenters. The zero-order valence-electron chi connectivity index (χ0n) is 46.0. The fourth-order valence-electron chi connectivity index (χ4n) is 8.24. The van der Waals surface area contributed by atoms with Gasteiger partial charge in [0.05, 0.1) is 0 Å². The van der Waals surface area contributed by atoms with Crippen LogP contribution in [0.3, 0.4) is 0 Å². The molecule has 0 atom stereocenters. The Labute approximate surface area is 490 Å². The van der Waals surface area contributed by atoms with Crippen molar-refractivity contribution >= 4 is 59.7 Å². The maximum absolute atomic E-state index is 12.1. The predicted octanol–water partition coefficient (Wildman–Crippen LogP) is 3.55. The zero-order chi connectivity index (χ0) is 64.1. The van der Waals surface area contributed by atoms with Crippen LogP contribution in [0.4, 0.5) is 0 Å². The molecule has 30 nitrogen and oxygen atoms in total. The third-order valence-electron chi connectivity index (χ3n) is 11.7. The van der Waals surface area contributed by atoms with E-state index in [1.165, 1.54) is 67.6 Å². The third-order valence-corrected chi connectivity index (χ3v) is 11.7. The van der Waals surface area contributed by atoms with Crippen molar-refractivity contribution < 1.29 is 146 Å². The number of aliphatic carboxylic acids is 10. The molecule has 464 valence electrons. The zero-order valence-corrected chi connectivity index (χ0v) is 46.0. The number of carboxylic acids is 10. The van der Waals surface area contributed by atoms with E-state index in [1.807, 2.05) is 0 Å². The van der Waals surface area contributed by atoms with Gasteiger partial charge in [-0.1, -0.05) is 6.92 Å². The van der Waals surface area contributed by atoms with Gasteiger partial charge in [-0.25, -0.2) is 47.9 Å². The summed E-state index contributed by atoms with van der Waals surface area (Å²) in [4.78, 5) is 118. The maximum atomic E-state index is 12.1. The Morgan fingerprint density at radius 3 is 0.552 bits per heavy atom. The highest BCUT2D eigenvalue weighted by Crippen LogP contribution is 2.42. The van der Waals surface area contributed by atoms with E-state index in [-0.39, 0.29) is 121 Å². The number of carbonyl (C=O) groups is 10. The molecule has 0 aliphatic rings. The molecule has 0 aliphatic heterocycles. The molecule has 0 fully saturated rings. The summed E-state index contributed by atoms with van der Waals surface area (Å²) in [5.41, 5.74) is 0.978. The fraction of sp³-hybridized carbons (Fsp3) is 0.298. The Kier molecular flexibility index (Phi) is 24.1.